The summed E-state index contributed by atoms with van der Waals surface area (Å²) in [6, 6.07) is 0. The summed E-state index contributed by atoms with van der Waals surface area (Å²) >= 11 is 0. The van der Waals surface area contributed by atoms with Gasteiger partial charge in [0.2, 0.25) is 0 Å². The lowest BCUT2D eigenvalue weighted by atomic mass is 9.90. The second-order valence-corrected chi connectivity index (χ2v) is 6.31. The van der Waals surface area contributed by atoms with Gasteiger partial charge >= 0.3 is 11.9 Å². The highest BCUT2D eigenvalue weighted by atomic mass is 32.2. The Kier molecular flexibility index (Phi) is 4.50. The molecule has 0 aromatic carbocycles. The van der Waals surface area contributed by atoms with Crippen molar-refractivity contribution < 1.29 is 27.5 Å². The number of rotatable bonds is 4. The average molecular weight is 264 g/mol. The van der Waals surface area contributed by atoms with Gasteiger partial charge in [-0.2, -0.15) is 0 Å². The third-order valence-corrected chi connectivity index (χ3v) is 4.79. The van der Waals surface area contributed by atoms with Crippen molar-refractivity contribution in [1.82, 2.24) is 0 Å². The molecular formula is C10H16O6S. The molecule has 0 N–H and O–H groups in total. The van der Waals surface area contributed by atoms with Gasteiger partial charge in [0.15, 0.2) is 9.84 Å². The third-order valence-electron chi connectivity index (χ3n) is 2.92. The molecule has 98 valence electrons. The van der Waals surface area contributed by atoms with Gasteiger partial charge in [-0.1, -0.05) is 0 Å². The summed E-state index contributed by atoms with van der Waals surface area (Å²) in [5.74, 6) is -1.75. The highest BCUT2D eigenvalue weighted by Crippen LogP contribution is 2.31. The molecule has 17 heavy (non-hydrogen) atoms. The lowest BCUT2D eigenvalue weighted by molar-refractivity contribution is -0.144. The minimum atomic E-state index is -3.17. The molecule has 1 aliphatic heterocycles. The normalized spacial score (nSPS) is 26.5. The van der Waals surface area contributed by atoms with Crippen molar-refractivity contribution in [2.45, 2.75) is 12.8 Å². The molecule has 0 unspecified atom stereocenters. The van der Waals surface area contributed by atoms with Gasteiger partial charge in [0.05, 0.1) is 25.7 Å². The van der Waals surface area contributed by atoms with Crippen LogP contribution in [0.15, 0.2) is 0 Å². The topological polar surface area (TPSA) is 86.7 Å². The highest BCUT2D eigenvalue weighted by molar-refractivity contribution is 7.91. The van der Waals surface area contributed by atoms with E-state index in [0.717, 1.165) is 0 Å². The van der Waals surface area contributed by atoms with Crippen molar-refractivity contribution in [1.29, 1.82) is 0 Å². The summed E-state index contributed by atoms with van der Waals surface area (Å²) in [5, 5.41) is 0. The van der Waals surface area contributed by atoms with Gasteiger partial charge in [-0.3, -0.25) is 9.59 Å². The minimum Gasteiger partial charge on any atom is -0.469 e. The Labute approximate surface area is 100 Å². The fraction of sp³-hybridized carbons (Fsp3) is 0.800. The minimum absolute atomic E-state index is 0.0252. The summed E-state index contributed by atoms with van der Waals surface area (Å²) in [6.07, 6.45) is 0.0504. The zero-order valence-corrected chi connectivity index (χ0v) is 10.7. The van der Waals surface area contributed by atoms with Crippen molar-refractivity contribution in [2.24, 2.45) is 11.8 Å². The Morgan fingerprint density at radius 3 is 1.65 bits per heavy atom. The van der Waals surface area contributed by atoms with Gasteiger partial charge in [-0.15, -0.1) is 0 Å². The van der Waals surface area contributed by atoms with E-state index >= 15 is 0 Å². The van der Waals surface area contributed by atoms with Crippen LogP contribution in [0.4, 0.5) is 0 Å². The van der Waals surface area contributed by atoms with Gasteiger partial charge in [0, 0.05) is 12.8 Å². The standard InChI is InChI=1S/C10H16O6S/c1-15-9(11)3-7-5-17(13,14)6-8(7)4-10(12)16-2/h7-8H,3-6H2,1-2H3/t7-,8-/m0/s1. The van der Waals surface area contributed by atoms with Crippen LogP contribution in [0, 0.1) is 11.8 Å². The number of sulfone groups is 1. The van der Waals surface area contributed by atoms with Crippen LogP contribution in [0.3, 0.4) is 0 Å². The van der Waals surface area contributed by atoms with E-state index in [1.54, 1.807) is 0 Å². The fourth-order valence-corrected chi connectivity index (χ4v) is 4.26. The maximum atomic E-state index is 11.5. The summed E-state index contributed by atoms with van der Waals surface area (Å²) in [4.78, 5) is 22.3. The number of methoxy groups -OCH3 is 2. The Morgan fingerprint density at radius 2 is 1.35 bits per heavy atom. The highest BCUT2D eigenvalue weighted by Gasteiger charge is 2.39. The summed E-state index contributed by atoms with van der Waals surface area (Å²) < 4.78 is 32.0. The number of hydrogen-bond acceptors (Lipinski definition) is 6. The maximum absolute atomic E-state index is 11.5. The molecule has 0 aliphatic carbocycles. The SMILES string of the molecule is COC(=O)C[C@H]1CS(=O)(=O)C[C@@H]1CC(=O)OC. The third kappa shape index (κ3) is 3.99. The van der Waals surface area contributed by atoms with Gasteiger partial charge < -0.3 is 9.47 Å². The zero-order chi connectivity index (χ0) is 13.1. The second-order valence-electron chi connectivity index (χ2n) is 4.16. The van der Waals surface area contributed by atoms with Crippen molar-refractivity contribution in [2.75, 3.05) is 25.7 Å². The Hall–Kier alpha value is -1.11. The van der Waals surface area contributed by atoms with E-state index in [4.69, 9.17) is 0 Å². The molecule has 0 saturated carbocycles. The number of carbonyl (C=O) groups is 2. The van der Waals surface area contributed by atoms with Crippen molar-refractivity contribution in [3.05, 3.63) is 0 Å². The van der Waals surface area contributed by atoms with Crippen LogP contribution >= 0.6 is 0 Å². The molecule has 1 rings (SSSR count). The van der Waals surface area contributed by atoms with E-state index in [-0.39, 0.29) is 36.2 Å². The lowest BCUT2D eigenvalue weighted by Crippen LogP contribution is -2.20. The first-order chi connectivity index (χ1) is 7.88. The van der Waals surface area contributed by atoms with E-state index < -0.39 is 21.8 Å². The number of ether oxygens (including phenoxy) is 2. The van der Waals surface area contributed by atoms with Gasteiger partial charge in [0.25, 0.3) is 0 Å². The summed E-state index contributed by atoms with van der Waals surface area (Å²) in [6.45, 7) is 0. The number of carbonyl (C=O) groups excluding carboxylic acids is 2. The Morgan fingerprint density at radius 1 is 1.00 bits per heavy atom. The zero-order valence-electron chi connectivity index (χ0n) is 9.84. The molecule has 0 spiro atoms. The predicted molar refractivity (Wildman–Crippen MR) is 58.9 cm³/mol. The molecule has 1 fully saturated rings. The van der Waals surface area contributed by atoms with Gasteiger partial charge in [0.1, 0.15) is 0 Å². The molecule has 1 aliphatic rings. The van der Waals surface area contributed by atoms with E-state index in [1.165, 1.54) is 14.2 Å². The molecule has 0 aromatic rings. The van der Waals surface area contributed by atoms with Gasteiger partial charge in [-0.05, 0) is 11.8 Å². The van der Waals surface area contributed by atoms with E-state index in [1.807, 2.05) is 0 Å². The molecule has 0 radical (unpaired) electrons. The number of esters is 2. The Bertz CT molecular complexity index is 367. The quantitative estimate of drug-likeness (QED) is 0.652. The molecule has 1 heterocycles. The van der Waals surface area contributed by atoms with Crippen LogP contribution in [0.25, 0.3) is 0 Å². The molecular weight excluding hydrogens is 248 g/mol. The molecule has 2 atom stereocenters. The fourth-order valence-electron chi connectivity index (χ4n) is 2.04. The van der Waals surface area contributed by atoms with Crippen LogP contribution in [-0.2, 0) is 28.9 Å². The molecule has 7 heteroatoms. The van der Waals surface area contributed by atoms with E-state index in [2.05, 4.69) is 9.47 Å². The van der Waals surface area contributed by atoms with Crippen LogP contribution < -0.4 is 0 Å². The molecule has 1 saturated heterocycles. The van der Waals surface area contributed by atoms with Crippen LogP contribution in [0.1, 0.15) is 12.8 Å². The van der Waals surface area contributed by atoms with Gasteiger partial charge in [-0.25, -0.2) is 8.42 Å². The van der Waals surface area contributed by atoms with Crippen LogP contribution in [-0.4, -0.2) is 46.1 Å². The largest absolute Gasteiger partial charge is 0.469 e. The second kappa shape index (κ2) is 5.48. The van der Waals surface area contributed by atoms with E-state index in [9.17, 15) is 18.0 Å². The first-order valence-electron chi connectivity index (χ1n) is 5.22. The van der Waals surface area contributed by atoms with Crippen LogP contribution in [0.5, 0.6) is 0 Å². The molecule has 6 nitrogen and oxygen atoms in total. The average Bonchev–Trinajstić information content (AvgIpc) is 2.52. The first kappa shape index (κ1) is 14.0. The predicted octanol–water partition coefficient (Wildman–Crippen LogP) is -0.227. The van der Waals surface area contributed by atoms with Crippen molar-refractivity contribution in [3.8, 4) is 0 Å². The smallest absolute Gasteiger partial charge is 0.305 e. The molecule has 0 amide bonds. The summed E-state index contributed by atoms with van der Waals surface area (Å²) in [7, 11) is -0.666. The first-order valence-corrected chi connectivity index (χ1v) is 7.04. The monoisotopic (exact) mass is 264 g/mol. The van der Waals surface area contributed by atoms with E-state index in [0.29, 0.717) is 0 Å². The maximum Gasteiger partial charge on any atom is 0.305 e. The van der Waals surface area contributed by atoms with Crippen molar-refractivity contribution >= 4 is 21.8 Å². The number of hydrogen-bond donors (Lipinski definition) is 0. The summed E-state index contributed by atoms with van der Waals surface area (Å²) in [5.41, 5.74) is 0. The lowest BCUT2D eigenvalue weighted by Gasteiger charge is -2.15. The Balaban J connectivity index is 2.71. The molecule has 0 aromatic heterocycles. The van der Waals surface area contributed by atoms with Crippen LogP contribution in [0.2, 0.25) is 0 Å². The van der Waals surface area contributed by atoms with Crippen molar-refractivity contribution in [3.63, 3.8) is 0 Å². The molecule has 0 bridgehead atoms.